The Balaban J connectivity index is 0.000000190. The molecule has 86 heavy (non-hydrogen) atoms. The summed E-state index contributed by atoms with van der Waals surface area (Å²) in [4.78, 5) is 67.3. The first-order valence-electron chi connectivity index (χ1n) is 28.6. The maximum Gasteiger partial charge on any atom is 0.496 e. The average molecular weight is 1320 g/mol. The second-order valence-corrected chi connectivity index (χ2v) is 33.5. The zero-order chi connectivity index (χ0) is 62.7. The summed E-state index contributed by atoms with van der Waals surface area (Å²) in [6.07, 6.45) is 9.25. The summed E-state index contributed by atoms with van der Waals surface area (Å²) in [7, 11) is 11.4. The van der Waals surface area contributed by atoms with Gasteiger partial charge in [0.05, 0.1) is 78.9 Å². The van der Waals surface area contributed by atoms with E-state index in [2.05, 4.69) is 70.7 Å². The molecule has 26 heteroatoms. The van der Waals surface area contributed by atoms with E-state index in [-0.39, 0.29) is 30.4 Å². The number of hydrogen-bond acceptors (Lipinski definition) is 17. The quantitative estimate of drug-likeness (QED) is 0.0895. The number of nitrogens with zero attached hydrogens (tertiary/aromatic N) is 13. The maximum absolute atomic E-state index is 14.4. The van der Waals surface area contributed by atoms with Crippen molar-refractivity contribution < 1.29 is 23.6 Å². The number of alkyl carbamates (subject to hydrolysis) is 1. The number of carbonyl (C=O) groups is 1. The van der Waals surface area contributed by atoms with Crippen molar-refractivity contribution in [2.45, 2.75) is 135 Å². The number of anilines is 4. The number of aromatic nitrogens is 9. The number of hydrogen-bond donors (Lipinski definition) is 1. The Bertz CT molecular complexity index is 3920. The van der Waals surface area contributed by atoms with Crippen molar-refractivity contribution >= 4 is 145 Å². The molecule has 0 saturated carbocycles. The normalized spacial score (nSPS) is 17.9. The zero-order valence-corrected chi connectivity index (χ0v) is 57.0. The lowest BCUT2D eigenvalue weighted by molar-refractivity contribution is 0.00578. The van der Waals surface area contributed by atoms with Crippen molar-refractivity contribution in [3.05, 3.63) is 91.1 Å². The molecular formula is C60H77BBrCl3N14O6Si. The molecule has 3 fully saturated rings. The molecule has 1 amide bonds. The molecule has 1 N–H and O–H groups in total. The Morgan fingerprint density at radius 3 is 1.83 bits per heavy atom. The summed E-state index contributed by atoms with van der Waals surface area (Å²) in [6, 6.07) is 12.4. The predicted octanol–water partition coefficient (Wildman–Crippen LogP) is 11.8. The first-order valence-corrected chi connectivity index (χ1v) is 34.2. The van der Waals surface area contributed by atoms with Gasteiger partial charge in [-0.3, -0.25) is 24.3 Å². The number of benzene rings is 3. The molecule has 0 unspecified atom stereocenters. The Kier molecular flexibility index (Phi) is 18.7. The van der Waals surface area contributed by atoms with Gasteiger partial charge in [-0.2, -0.15) is 4.98 Å². The van der Waals surface area contributed by atoms with Crippen molar-refractivity contribution in [3.8, 4) is 11.1 Å². The molecule has 3 aliphatic rings. The minimum atomic E-state index is -1.31. The van der Waals surface area contributed by atoms with E-state index in [4.69, 9.17) is 63.6 Å². The van der Waals surface area contributed by atoms with Gasteiger partial charge in [-0.25, -0.2) is 19.7 Å². The van der Waals surface area contributed by atoms with Crippen LogP contribution in [0.25, 0.3) is 55.3 Å². The van der Waals surface area contributed by atoms with Crippen LogP contribution < -0.4 is 35.9 Å². The van der Waals surface area contributed by atoms with Gasteiger partial charge in [-0.15, -0.1) is 0 Å². The molecule has 458 valence electrons. The number of amides is 1. The van der Waals surface area contributed by atoms with E-state index in [1.807, 2.05) is 153 Å². The Morgan fingerprint density at radius 2 is 1.29 bits per heavy atom. The van der Waals surface area contributed by atoms with Gasteiger partial charge in [-0.05, 0) is 114 Å². The SMILES string of the molecule is CN(C)c1cnc2ccc(-c3cn(COCC[Si](C)(C)C)c4nc(N5[C@H]6CC[C@@H]5[C@H](NC(=O)OC(C)(C)C)C6)n(C)c(=O)c34)c(Cl)c2n1.CN(C)c1cnc2ccc(B3OC(C)(C)C(C)(C)O3)c(Cl)c2n1.CN(C)c1cnc2ccc(Br)c(Cl)c2n1. The Labute approximate surface area is 527 Å². The second kappa shape index (κ2) is 24.9. The lowest BCUT2D eigenvalue weighted by atomic mass is 9.79. The van der Waals surface area contributed by atoms with Crippen molar-refractivity contribution in [2.75, 3.05) is 68.5 Å². The third-order valence-electron chi connectivity index (χ3n) is 15.8. The van der Waals surface area contributed by atoms with Crippen LogP contribution in [0.15, 0.2) is 70.5 Å². The molecule has 0 aliphatic carbocycles. The van der Waals surface area contributed by atoms with Gasteiger partial charge in [-0.1, -0.05) is 66.6 Å². The lowest BCUT2D eigenvalue weighted by Crippen LogP contribution is -2.46. The first-order chi connectivity index (χ1) is 40.2. The maximum atomic E-state index is 14.4. The van der Waals surface area contributed by atoms with E-state index in [1.165, 1.54) is 0 Å². The van der Waals surface area contributed by atoms with Crippen LogP contribution in [-0.4, -0.2) is 149 Å². The number of fused-ring (bicyclic) bond motifs is 6. The van der Waals surface area contributed by atoms with Crippen LogP contribution in [0.4, 0.5) is 28.2 Å². The summed E-state index contributed by atoms with van der Waals surface area (Å²) in [5.41, 5.74) is 5.21. The molecular weight excluding hydrogens is 1240 g/mol. The first kappa shape index (κ1) is 64.6. The standard InChI is InChI=1S/C34H47ClN8O4Si.C16H21BClN3O2.C10H9BrClN3/c1-34(2,3)47-33(45)37-24-16-20-10-13-25(24)43(20)32-39-30-27(31(44)41(32)6)22(18-42(30)19-46-14-15-48(7,8)9)21-11-12-23-29(28(21)35)38-26(17-36-23)40(4)5;1-15(2)16(3,4)23-17(22-15)10-7-8-11-14(13(10)18)20-12(9-19-11)21(5)6;1-15(2)8-5-13-7-4-3-6(11)9(12)10(7)14-8/h11-12,17-18,20,24-25H,10,13-16,19H2,1-9H3,(H,37,45);7-9H,1-6H3;3-5H,1-2H3/t20-,24+,25+;;/m0../s1. The van der Waals surface area contributed by atoms with Crippen molar-refractivity contribution in [3.63, 3.8) is 0 Å². The molecule has 2 bridgehead atoms. The number of ether oxygens (including phenoxy) is 2. The molecule has 3 aliphatic heterocycles. The van der Waals surface area contributed by atoms with Gasteiger partial charge in [0.2, 0.25) is 5.95 Å². The van der Waals surface area contributed by atoms with Crippen LogP contribution in [0.3, 0.4) is 0 Å². The highest BCUT2D eigenvalue weighted by Crippen LogP contribution is 2.43. The van der Waals surface area contributed by atoms with Crippen LogP contribution >= 0.6 is 50.7 Å². The summed E-state index contributed by atoms with van der Waals surface area (Å²) < 4.78 is 28.3. The van der Waals surface area contributed by atoms with Crippen LogP contribution in [0.5, 0.6) is 0 Å². The molecule has 3 aromatic carbocycles. The summed E-state index contributed by atoms with van der Waals surface area (Å²) in [5.74, 6) is 2.81. The number of rotatable bonds is 12. The van der Waals surface area contributed by atoms with Crippen LogP contribution in [0, 0.1) is 0 Å². The van der Waals surface area contributed by atoms with E-state index < -0.39 is 38.1 Å². The fourth-order valence-corrected chi connectivity index (χ4v) is 12.3. The van der Waals surface area contributed by atoms with Crippen LogP contribution in [-0.2, 0) is 32.6 Å². The molecule has 3 atom stereocenters. The van der Waals surface area contributed by atoms with Crippen molar-refractivity contribution in [2.24, 2.45) is 7.05 Å². The second-order valence-electron chi connectivity index (χ2n) is 25.8. The molecule has 8 aromatic rings. The van der Waals surface area contributed by atoms with Gasteiger partial charge in [0.15, 0.2) is 5.65 Å². The minimum absolute atomic E-state index is 0.00616. The van der Waals surface area contributed by atoms with Gasteiger partial charge in [0.1, 0.15) is 46.3 Å². The molecule has 8 heterocycles. The molecule has 11 rings (SSSR count). The number of carbonyl (C=O) groups excluding carboxylic acids is 1. The summed E-state index contributed by atoms with van der Waals surface area (Å²) in [6.45, 7) is 21.5. The Hall–Kier alpha value is -5.92. The van der Waals surface area contributed by atoms with Gasteiger partial charge >= 0.3 is 13.2 Å². The molecule has 20 nitrogen and oxygen atoms in total. The van der Waals surface area contributed by atoms with Crippen molar-refractivity contribution in [1.82, 2.24) is 49.3 Å². The molecule has 3 saturated heterocycles. The van der Waals surface area contributed by atoms with Gasteiger partial charge < -0.3 is 48.3 Å². The van der Waals surface area contributed by atoms with Crippen LogP contribution in [0.2, 0.25) is 40.8 Å². The zero-order valence-electron chi connectivity index (χ0n) is 52.1. The van der Waals surface area contributed by atoms with E-state index in [1.54, 1.807) is 30.2 Å². The minimum Gasteiger partial charge on any atom is -0.444 e. The highest BCUT2D eigenvalue weighted by atomic mass is 79.9. The molecule has 0 spiro atoms. The third kappa shape index (κ3) is 13.5. The average Bonchev–Trinajstić information content (AvgIpc) is 1.62. The van der Waals surface area contributed by atoms with E-state index in [0.717, 1.165) is 63.4 Å². The van der Waals surface area contributed by atoms with E-state index in [0.29, 0.717) is 72.2 Å². The van der Waals surface area contributed by atoms with Gasteiger partial charge in [0, 0.05) is 97.3 Å². The third-order valence-corrected chi connectivity index (χ3v) is 19.6. The monoisotopic (exact) mass is 1310 g/mol. The summed E-state index contributed by atoms with van der Waals surface area (Å²) in [5, 5.41) is 5.09. The smallest absolute Gasteiger partial charge is 0.444 e. The highest BCUT2D eigenvalue weighted by Gasteiger charge is 2.53. The highest BCUT2D eigenvalue weighted by molar-refractivity contribution is 9.10. The number of halogens is 4. The van der Waals surface area contributed by atoms with Crippen molar-refractivity contribution in [1.29, 1.82) is 0 Å². The topological polar surface area (TPSA) is 196 Å². The summed E-state index contributed by atoms with van der Waals surface area (Å²) >= 11 is 23.2. The molecule has 0 radical (unpaired) electrons. The van der Waals surface area contributed by atoms with E-state index in [9.17, 15) is 9.59 Å². The van der Waals surface area contributed by atoms with Crippen LogP contribution in [0.1, 0.15) is 67.7 Å². The lowest BCUT2D eigenvalue weighted by Gasteiger charge is -2.32. The fraction of sp³-hybridized carbons (Fsp3) is 0.483. The van der Waals surface area contributed by atoms with Gasteiger partial charge in [0.25, 0.3) is 5.56 Å². The molecule has 5 aromatic heterocycles. The number of nitrogens with one attached hydrogen (secondary N) is 1. The largest absolute Gasteiger partial charge is 0.496 e. The van der Waals surface area contributed by atoms with E-state index >= 15 is 0 Å². The fourth-order valence-electron chi connectivity index (χ4n) is 10.4. The predicted molar refractivity (Wildman–Crippen MR) is 355 cm³/mol. The Morgan fingerprint density at radius 1 is 0.767 bits per heavy atom.